The van der Waals surface area contributed by atoms with E-state index in [-0.39, 0.29) is 18.0 Å². The first-order valence-corrected chi connectivity index (χ1v) is 9.58. The number of alkyl halides is 3. The molecule has 1 N–H and O–H groups in total. The third-order valence-corrected chi connectivity index (χ3v) is 6.86. The van der Waals surface area contributed by atoms with Crippen molar-refractivity contribution in [1.29, 1.82) is 0 Å². The summed E-state index contributed by atoms with van der Waals surface area (Å²) in [6, 6.07) is 6.45. The fraction of sp³-hybridized carbons (Fsp3) is 0.500. The zero-order valence-corrected chi connectivity index (χ0v) is 16.0. The number of hydrogen-bond acceptors (Lipinski definition) is 5. The summed E-state index contributed by atoms with van der Waals surface area (Å²) in [6.07, 6.45) is -1.29. The number of nitrogens with zero attached hydrogens (tertiary/aromatic N) is 2. The Morgan fingerprint density at radius 3 is 2.67 bits per heavy atom. The Kier molecular flexibility index (Phi) is 4.56. The van der Waals surface area contributed by atoms with Crippen LogP contribution < -0.4 is 5.32 Å². The van der Waals surface area contributed by atoms with Gasteiger partial charge in [-0.2, -0.15) is 13.2 Å². The summed E-state index contributed by atoms with van der Waals surface area (Å²) < 4.78 is 39.3. The fourth-order valence-corrected chi connectivity index (χ4v) is 5.37. The molecule has 2 aromatic rings. The monoisotopic (exact) mass is 417 g/mol. The van der Waals surface area contributed by atoms with Crippen molar-refractivity contribution in [3.63, 3.8) is 0 Å². The largest absolute Gasteiger partial charge is 0.425 e. The van der Waals surface area contributed by atoms with Gasteiger partial charge in [-0.05, 0) is 49.5 Å². The Balaban J connectivity index is 0.00000180. The highest BCUT2D eigenvalue weighted by Crippen LogP contribution is 2.44. The molecule has 2 bridgehead atoms. The summed E-state index contributed by atoms with van der Waals surface area (Å²) in [6.45, 7) is 3.18. The maximum Gasteiger partial charge on any atom is 0.425 e. The molecule has 4 aliphatic heterocycles. The maximum atomic E-state index is 12.9. The number of thiophene rings is 1. The second-order valence-corrected chi connectivity index (χ2v) is 8.49. The Morgan fingerprint density at radius 1 is 1.22 bits per heavy atom. The van der Waals surface area contributed by atoms with Gasteiger partial charge in [0.15, 0.2) is 11.4 Å². The first-order chi connectivity index (χ1) is 12.4. The molecule has 3 saturated heterocycles. The summed E-state index contributed by atoms with van der Waals surface area (Å²) in [5.74, 6) is 1.29. The summed E-state index contributed by atoms with van der Waals surface area (Å²) in [7, 11) is 0. The van der Waals surface area contributed by atoms with Gasteiger partial charge in [-0.25, -0.2) is 0 Å². The minimum atomic E-state index is -4.30. The highest BCUT2D eigenvalue weighted by atomic mass is 35.5. The van der Waals surface area contributed by atoms with Crippen molar-refractivity contribution < 1.29 is 18.0 Å². The van der Waals surface area contributed by atoms with Crippen molar-refractivity contribution in [3.8, 4) is 0 Å². The van der Waals surface area contributed by atoms with Crippen molar-refractivity contribution in [3.05, 3.63) is 29.1 Å². The lowest BCUT2D eigenvalue weighted by molar-refractivity contribution is -0.136. The molecule has 0 saturated carbocycles. The summed E-state index contributed by atoms with van der Waals surface area (Å²) in [5.41, 5.74) is 0.517. The van der Waals surface area contributed by atoms with Gasteiger partial charge in [0, 0.05) is 22.8 Å². The van der Waals surface area contributed by atoms with Crippen LogP contribution >= 0.6 is 23.7 Å². The molecule has 0 radical (unpaired) electrons. The number of piperidine rings is 3. The van der Waals surface area contributed by atoms with Crippen LogP contribution in [0.5, 0.6) is 0 Å². The Labute approximate surface area is 164 Å². The number of fused-ring (bicyclic) bond motifs is 3. The van der Waals surface area contributed by atoms with E-state index < -0.39 is 11.1 Å². The van der Waals surface area contributed by atoms with Crippen molar-refractivity contribution >= 4 is 45.4 Å². The third kappa shape index (κ3) is 3.28. The molecule has 3 fully saturated rings. The highest BCUT2D eigenvalue weighted by Gasteiger charge is 2.52. The molecule has 0 amide bonds. The first kappa shape index (κ1) is 18.8. The summed E-state index contributed by atoms with van der Waals surface area (Å²) in [4.78, 5) is 7.73. The van der Waals surface area contributed by atoms with E-state index in [9.17, 15) is 13.2 Å². The van der Waals surface area contributed by atoms with Crippen LogP contribution in [-0.2, 0) is 11.0 Å². The minimum absolute atomic E-state index is 0. The van der Waals surface area contributed by atoms with E-state index in [4.69, 9.17) is 4.84 Å². The van der Waals surface area contributed by atoms with Gasteiger partial charge in [0.05, 0.1) is 6.42 Å². The molecular formula is C18H19ClF3N3OS. The average molecular weight is 418 g/mol. The van der Waals surface area contributed by atoms with Crippen LogP contribution in [-0.4, -0.2) is 36.0 Å². The Hall–Kier alpha value is -1.51. The van der Waals surface area contributed by atoms with Gasteiger partial charge in [-0.1, -0.05) is 11.2 Å². The van der Waals surface area contributed by atoms with E-state index in [0.717, 1.165) is 61.8 Å². The molecule has 5 heterocycles. The second kappa shape index (κ2) is 6.53. The predicted molar refractivity (Wildman–Crippen MR) is 103 cm³/mol. The quantitative estimate of drug-likeness (QED) is 0.713. The molecule has 1 aromatic carbocycles. The van der Waals surface area contributed by atoms with E-state index in [2.05, 4.69) is 15.4 Å². The molecule has 27 heavy (non-hydrogen) atoms. The van der Waals surface area contributed by atoms with E-state index >= 15 is 0 Å². The fourth-order valence-electron chi connectivity index (χ4n) is 4.40. The maximum absolute atomic E-state index is 12.9. The molecule has 146 valence electrons. The number of amidine groups is 1. The zero-order valence-electron chi connectivity index (χ0n) is 14.4. The van der Waals surface area contributed by atoms with Gasteiger partial charge in [0.25, 0.3) is 0 Å². The number of halogens is 4. The molecule has 0 unspecified atom stereocenters. The third-order valence-electron chi connectivity index (χ3n) is 5.72. The first-order valence-electron chi connectivity index (χ1n) is 8.77. The second-order valence-electron chi connectivity index (χ2n) is 7.41. The number of hydrogen-bond donors (Lipinski definition) is 1. The van der Waals surface area contributed by atoms with Crippen LogP contribution in [0.1, 0.15) is 24.1 Å². The molecular weight excluding hydrogens is 399 g/mol. The van der Waals surface area contributed by atoms with Crippen LogP contribution in [0.15, 0.2) is 29.4 Å². The van der Waals surface area contributed by atoms with Crippen molar-refractivity contribution in [2.24, 2.45) is 11.1 Å². The lowest BCUT2D eigenvalue weighted by Gasteiger charge is -2.49. The van der Waals surface area contributed by atoms with Crippen molar-refractivity contribution in [1.82, 2.24) is 4.90 Å². The molecule has 1 aromatic heterocycles. The summed E-state index contributed by atoms with van der Waals surface area (Å²) in [5, 5.41) is 8.10. The van der Waals surface area contributed by atoms with Crippen LogP contribution in [0.3, 0.4) is 0 Å². The summed E-state index contributed by atoms with van der Waals surface area (Å²) >= 11 is 0.765. The van der Waals surface area contributed by atoms with E-state index in [1.54, 1.807) is 18.2 Å². The average Bonchev–Trinajstić information content (AvgIpc) is 3.20. The van der Waals surface area contributed by atoms with Gasteiger partial charge in [0.1, 0.15) is 4.88 Å². The smallest absolute Gasteiger partial charge is 0.386 e. The molecule has 9 heteroatoms. The predicted octanol–water partition coefficient (Wildman–Crippen LogP) is 4.95. The van der Waals surface area contributed by atoms with Gasteiger partial charge in [-0.3, -0.25) is 4.90 Å². The lowest BCUT2D eigenvalue weighted by Crippen LogP contribution is -2.59. The van der Waals surface area contributed by atoms with Crippen LogP contribution in [0.4, 0.5) is 18.9 Å². The number of oxime groups is 1. The molecule has 4 nitrogen and oxygen atoms in total. The highest BCUT2D eigenvalue weighted by molar-refractivity contribution is 7.19. The molecule has 4 aliphatic rings. The Bertz CT molecular complexity index is 892. The van der Waals surface area contributed by atoms with Crippen LogP contribution in [0.2, 0.25) is 0 Å². The number of nitrogens with one attached hydrogen (secondary N) is 1. The Morgan fingerprint density at radius 2 is 2.00 bits per heavy atom. The van der Waals surface area contributed by atoms with Crippen molar-refractivity contribution in [2.45, 2.75) is 31.0 Å². The molecule has 0 aliphatic carbocycles. The lowest BCUT2D eigenvalue weighted by atomic mass is 9.73. The van der Waals surface area contributed by atoms with E-state index in [0.29, 0.717) is 16.0 Å². The SMILES string of the molecule is Cl.FC(F)(F)c1cc2ccc(NC3=NO[C@@]4(C3)CN3CCC4CC3)cc2s1. The number of anilines is 1. The molecule has 1 spiro atoms. The van der Waals surface area contributed by atoms with E-state index in [1.807, 2.05) is 0 Å². The number of rotatable bonds is 1. The van der Waals surface area contributed by atoms with Gasteiger partial charge >= 0.3 is 6.18 Å². The van der Waals surface area contributed by atoms with Gasteiger partial charge in [-0.15, -0.1) is 23.7 Å². The topological polar surface area (TPSA) is 36.9 Å². The van der Waals surface area contributed by atoms with Crippen LogP contribution in [0.25, 0.3) is 10.1 Å². The van der Waals surface area contributed by atoms with Gasteiger partial charge < -0.3 is 10.2 Å². The molecule has 6 rings (SSSR count). The van der Waals surface area contributed by atoms with Crippen molar-refractivity contribution in [2.75, 3.05) is 25.0 Å². The normalized spacial score (nSPS) is 29.5. The zero-order chi connectivity index (χ0) is 17.9. The minimum Gasteiger partial charge on any atom is -0.386 e. The van der Waals surface area contributed by atoms with Gasteiger partial charge in [0.2, 0.25) is 0 Å². The van der Waals surface area contributed by atoms with Crippen LogP contribution in [0, 0.1) is 5.92 Å². The van der Waals surface area contributed by atoms with E-state index in [1.165, 1.54) is 6.07 Å². The standard InChI is InChI=1S/C18H18F3N3OS.ClH/c19-18(20,21)15-7-11-1-2-13(8-14(11)26-15)22-16-9-17(25-23-16)10-24-5-3-12(17)4-6-24;/h1-2,7-8,12H,3-6,9-10H2,(H,22,23);1H/t17-;/m0./s1. The number of benzene rings is 1. The molecule has 1 atom stereocenters.